The number of fused-ring (bicyclic) bond motifs is 8. The number of furan rings is 1. The molecule has 11 aliphatic rings. The lowest BCUT2D eigenvalue weighted by Gasteiger charge is -2.57. The standard InChI is InChI=1S/C80H72BN3O/c1-77(2,3)51-16-21-62-58(31-51)59-32-53(78(4,5)6)34-61-76(59)84(62)67-36-55(83-64-20-13-49-9-7-10-56-57-11-8-12-68-71(57)74-69(85-68)24-23-65(83)73(74)72(64)70(49)56)35-66-75(67)81(61)60-33-52(80-40-46-28-47(41-80)30-48(29-46)42-80)17-22-63(60)82(66)54-18-14-50(15-19-54)79-37-43-25-44(38-79)27-45(26-43)39-79/h7-24,31-36,43-48H,25-30,37-42H2,1-6H3. The number of nitrogens with zero attached hydrogens (tertiary/aromatic N) is 3. The Hall–Kier alpha value is -7.50. The molecule has 0 amide bonds. The van der Waals surface area contributed by atoms with Crippen LogP contribution in [0.25, 0.3) is 98.8 Å². The van der Waals surface area contributed by atoms with Crippen LogP contribution in [-0.2, 0) is 21.7 Å². The zero-order valence-corrected chi connectivity index (χ0v) is 50.1. The first-order valence-electron chi connectivity index (χ1n) is 32.9. The van der Waals surface area contributed by atoms with Crippen LogP contribution >= 0.6 is 0 Å². The van der Waals surface area contributed by atoms with Gasteiger partial charge in [0.05, 0.1) is 22.2 Å². The summed E-state index contributed by atoms with van der Waals surface area (Å²) in [5, 5.41) is 10.4. The van der Waals surface area contributed by atoms with Crippen LogP contribution in [0, 0.1) is 35.5 Å². The highest BCUT2D eigenvalue weighted by molar-refractivity contribution is 7.00. The van der Waals surface area contributed by atoms with E-state index >= 15 is 0 Å². The van der Waals surface area contributed by atoms with Gasteiger partial charge in [-0.15, -0.1) is 0 Å². The Morgan fingerprint density at radius 1 is 0.424 bits per heavy atom. The monoisotopic (exact) mass is 1100 g/mol. The van der Waals surface area contributed by atoms with Gasteiger partial charge in [-0.2, -0.15) is 0 Å². The van der Waals surface area contributed by atoms with Gasteiger partial charge in [-0.05, 0) is 268 Å². The van der Waals surface area contributed by atoms with Crippen molar-refractivity contribution in [3.8, 4) is 22.5 Å². The highest BCUT2D eigenvalue weighted by atomic mass is 16.3. The molecular weight excluding hydrogens is 1030 g/mol. The summed E-state index contributed by atoms with van der Waals surface area (Å²) >= 11 is 0. The van der Waals surface area contributed by atoms with Gasteiger partial charge in [0.2, 0.25) is 0 Å². The van der Waals surface area contributed by atoms with Crippen molar-refractivity contribution in [2.75, 3.05) is 4.90 Å². The summed E-state index contributed by atoms with van der Waals surface area (Å²) in [4.78, 5) is 2.76. The molecule has 85 heavy (non-hydrogen) atoms. The third-order valence-electron chi connectivity index (χ3n) is 24.8. The van der Waals surface area contributed by atoms with E-state index in [1.807, 2.05) is 0 Å². The molecule has 0 atom stereocenters. The first-order valence-corrected chi connectivity index (χ1v) is 32.9. The highest BCUT2D eigenvalue weighted by Gasteiger charge is 2.54. The van der Waals surface area contributed by atoms with E-state index in [1.54, 1.807) is 11.1 Å². The van der Waals surface area contributed by atoms with E-state index in [0.29, 0.717) is 5.41 Å². The van der Waals surface area contributed by atoms with Crippen LogP contribution < -0.4 is 21.3 Å². The summed E-state index contributed by atoms with van der Waals surface area (Å²) in [5.74, 6) is 5.31. The smallest absolute Gasteiger partial charge is 0.252 e. The minimum atomic E-state index is -0.0631. The zero-order valence-electron chi connectivity index (χ0n) is 50.1. The van der Waals surface area contributed by atoms with Gasteiger partial charge < -0.3 is 18.5 Å². The fraction of sp³-hybridized carbons (Fsp3) is 0.350. The molecule has 12 aromatic rings. The second kappa shape index (κ2) is 15.5. The predicted molar refractivity (Wildman–Crippen MR) is 355 cm³/mol. The Labute approximate surface area is 498 Å². The molecule has 4 nitrogen and oxygen atoms in total. The van der Waals surface area contributed by atoms with Crippen molar-refractivity contribution < 1.29 is 4.42 Å². The summed E-state index contributed by atoms with van der Waals surface area (Å²) in [7, 11) is 0. The first kappa shape index (κ1) is 47.7. The maximum absolute atomic E-state index is 6.85. The minimum Gasteiger partial charge on any atom is -0.456 e. The molecule has 0 radical (unpaired) electrons. The van der Waals surface area contributed by atoms with E-state index in [9.17, 15) is 0 Å². The molecule has 0 unspecified atom stereocenters. The summed E-state index contributed by atoms with van der Waals surface area (Å²) in [6.45, 7) is 14.5. The molecule has 5 heteroatoms. The van der Waals surface area contributed by atoms with Crippen LogP contribution in [0.15, 0.2) is 150 Å². The van der Waals surface area contributed by atoms with E-state index in [-0.39, 0.29) is 23.0 Å². The highest BCUT2D eigenvalue weighted by Crippen LogP contribution is 2.63. The van der Waals surface area contributed by atoms with Crippen molar-refractivity contribution in [1.29, 1.82) is 0 Å². The second-order valence-corrected chi connectivity index (χ2v) is 31.7. The van der Waals surface area contributed by atoms with E-state index in [2.05, 4.69) is 201 Å². The molecule has 23 rings (SSSR count). The normalized spacial score (nSPS) is 26.4. The van der Waals surface area contributed by atoms with Crippen LogP contribution in [0.1, 0.15) is 141 Å². The predicted octanol–water partition coefficient (Wildman–Crippen LogP) is 19.1. The summed E-state index contributed by atoms with van der Waals surface area (Å²) in [5.41, 5.74) is 26.9. The third kappa shape index (κ3) is 6.07. The first-order chi connectivity index (χ1) is 41.2. The second-order valence-electron chi connectivity index (χ2n) is 31.7. The molecule has 8 fully saturated rings. The lowest BCUT2D eigenvalue weighted by Crippen LogP contribution is -2.61. The van der Waals surface area contributed by atoms with Gasteiger partial charge in [-0.3, -0.25) is 0 Å². The molecular formula is C80H72BN3O. The molecule has 8 saturated carbocycles. The quantitative estimate of drug-likeness (QED) is 0.164. The van der Waals surface area contributed by atoms with Gasteiger partial charge in [0.25, 0.3) is 6.71 Å². The van der Waals surface area contributed by atoms with Gasteiger partial charge in [0.15, 0.2) is 0 Å². The van der Waals surface area contributed by atoms with Gasteiger partial charge in [-0.25, -0.2) is 0 Å². The van der Waals surface area contributed by atoms with Crippen LogP contribution in [-0.4, -0.2) is 15.8 Å². The van der Waals surface area contributed by atoms with Crippen molar-refractivity contribution in [3.05, 3.63) is 168 Å². The van der Waals surface area contributed by atoms with E-state index in [0.717, 1.165) is 46.7 Å². The topological polar surface area (TPSA) is 26.2 Å². The molecule has 2 aliphatic heterocycles. The molecule has 9 aliphatic carbocycles. The van der Waals surface area contributed by atoms with Crippen molar-refractivity contribution in [2.24, 2.45) is 35.5 Å². The van der Waals surface area contributed by atoms with Crippen LogP contribution in [0.3, 0.4) is 0 Å². The molecule has 0 saturated heterocycles. The number of hydrogen-bond donors (Lipinski definition) is 0. The Bertz CT molecular complexity index is 4990. The lowest BCUT2D eigenvalue weighted by atomic mass is 9.33. The van der Waals surface area contributed by atoms with Crippen molar-refractivity contribution in [1.82, 2.24) is 9.13 Å². The third-order valence-corrected chi connectivity index (χ3v) is 24.8. The molecule has 0 N–H and O–H groups in total. The minimum absolute atomic E-state index is 0.00898. The summed E-state index contributed by atoms with van der Waals surface area (Å²) in [6.07, 6.45) is 16.9. The fourth-order valence-corrected chi connectivity index (χ4v) is 22.1. The largest absolute Gasteiger partial charge is 0.456 e. The summed E-state index contributed by atoms with van der Waals surface area (Å²) < 4.78 is 12.2. The molecule has 5 heterocycles. The van der Waals surface area contributed by atoms with Crippen LogP contribution in [0.5, 0.6) is 0 Å². The Morgan fingerprint density at radius 3 is 1.68 bits per heavy atom. The Morgan fingerprint density at radius 2 is 1.00 bits per heavy atom. The molecule has 0 spiro atoms. The molecule has 416 valence electrons. The number of benzene rings is 9. The molecule has 8 bridgehead atoms. The molecule has 9 aromatic carbocycles. The average molecular weight is 1100 g/mol. The van der Waals surface area contributed by atoms with Gasteiger partial charge in [0.1, 0.15) is 11.2 Å². The van der Waals surface area contributed by atoms with Crippen LogP contribution in [0.4, 0.5) is 17.1 Å². The van der Waals surface area contributed by atoms with Crippen molar-refractivity contribution in [2.45, 2.75) is 140 Å². The Balaban J connectivity index is 0.893. The van der Waals surface area contributed by atoms with Gasteiger partial charge in [-0.1, -0.05) is 114 Å². The maximum atomic E-state index is 6.85. The SMILES string of the molecule is CC(C)(C)c1ccc2c(c1)c1cc(C(C)(C)C)cc3c1n2-c1cc(-n2c4ccc5cccc6c5c4c4c5c(ccc42)oc2cccc-6c25)cc2c1B3c1cc(C34CC5CC(CC(C5)C3)C4)ccc1N2c1ccc(C23CC4CC(CC(C4)C2)C3)cc1. The average Bonchev–Trinajstić information content (AvgIpc) is 1.65. The van der Waals surface area contributed by atoms with Gasteiger partial charge in [0, 0.05) is 60.6 Å². The van der Waals surface area contributed by atoms with E-state index < -0.39 is 0 Å². The van der Waals surface area contributed by atoms with E-state index in [1.165, 1.54) is 209 Å². The van der Waals surface area contributed by atoms with E-state index in [4.69, 9.17) is 4.42 Å². The Kier molecular flexibility index (Phi) is 8.73. The fourth-order valence-electron chi connectivity index (χ4n) is 22.1. The summed E-state index contributed by atoms with van der Waals surface area (Å²) in [6, 6.07) is 59.5. The van der Waals surface area contributed by atoms with Crippen LogP contribution in [0.2, 0.25) is 0 Å². The van der Waals surface area contributed by atoms with Gasteiger partial charge >= 0.3 is 0 Å². The van der Waals surface area contributed by atoms with Crippen molar-refractivity contribution in [3.63, 3.8) is 0 Å². The lowest BCUT2D eigenvalue weighted by molar-refractivity contribution is -0.00528. The zero-order chi connectivity index (χ0) is 56.1. The number of aromatic nitrogens is 2. The molecule has 3 aromatic heterocycles. The number of hydrogen-bond acceptors (Lipinski definition) is 2. The number of anilines is 3. The van der Waals surface area contributed by atoms with Crippen molar-refractivity contribution >= 4 is 116 Å². The maximum Gasteiger partial charge on any atom is 0.252 e. The number of rotatable bonds is 4.